The predicted molar refractivity (Wildman–Crippen MR) is 241 cm³/mol. The summed E-state index contributed by atoms with van der Waals surface area (Å²) >= 11 is 5.31. The van der Waals surface area contributed by atoms with Crippen molar-refractivity contribution in [2.24, 2.45) is 0 Å². The van der Waals surface area contributed by atoms with Crippen LogP contribution in [0.25, 0.3) is 117 Å². The molecule has 5 nitrogen and oxygen atoms in total. The van der Waals surface area contributed by atoms with Crippen LogP contribution in [0.15, 0.2) is 164 Å². The van der Waals surface area contributed by atoms with Crippen LogP contribution in [0.5, 0.6) is 0 Å². The molecule has 8 heteroatoms. The molecule has 0 saturated heterocycles. The van der Waals surface area contributed by atoms with E-state index >= 15 is 0 Å². The van der Waals surface area contributed by atoms with Crippen molar-refractivity contribution in [3.63, 3.8) is 0 Å². The van der Waals surface area contributed by atoms with Gasteiger partial charge in [0.05, 0.1) is 15.9 Å². The van der Waals surface area contributed by atoms with E-state index in [0.29, 0.717) is 17.5 Å². The first-order chi connectivity index (χ1) is 28.2. The van der Waals surface area contributed by atoms with E-state index in [9.17, 15) is 0 Å². The smallest absolute Gasteiger partial charge is 0.165 e. The van der Waals surface area contributed by atoms with Gasteiger partial charge in [-0.1, -0.05) is 133 Å². The largest absolute Gasteiger partial charge is 0.226 e. The summed E-state index contributed by atoms with van der Waals surface area (Å²) in [5, 5.41) is 6.02. The number of hydrogen-bond acceptors (Lipinski definition) is 8. The second-order valence-corrected chi connectivity index (χ2v) is 17.2. The molecule has 0 aliphatic heterocycles. The van der Waals surface area contributed by atoms with Crippen molar-refractivity contribution in [1.29, 1.82) is 0 Å². The van der Waals surface area contributed by atoms with Crippen molar-refractivity contribution >= 4 is 94.7 Å². The summed E-state index contributed by atoms with van der Waals surface area (Å²) in [5.41, 5.74) is 6.91. The summed E-state index contributed by atoms with van der Waals surface area (Å²) in [6.45, 7) is 0. The average Bonchev–Trinajstić information content (AvgIpc) is 3.97. The lowest BCUT2D eigenvalue weighted by molar-refractivity contribution is 1.08. The van der Waals surface area contributed by atoms with Crippen LogP contribution in [-0.2, 0) is 0 Å². The fourth-order valence-electron chi connectivity index (χ4n) is 7.83. The van der Waals surface area contributed by atoms with Crippen molar-refractivity contribution in [3.8, 4) is 56.8 Å². The highest BCUT2D eigenvalue weighted by Crippen LogP contribution is 2.43. The molecule has 0 bridgehead atoms. The van der Waals surface area contributed by atoms with Gasteiger partial charge in [-0.05, 0) is 30.3 Å². The van der Waals surface area contributed by atoms with E-state index < -0.39 is 0 Å². The molecular formula is C49H27N5S3. The molecule has 0 amide bonds. The second-order valence-electron chi connectivity index (χ2n) is 14.0. The molecule has 12 rings (SSSR count). The van der Waals surface area contributed by atoms with E-state index in [1.807, 2.05) is 24.3 Å². The van der Waals surface area contributed by atoms with Crippen LogP contribution in [0.2, 0.25) is 0 Å². The molecule has 12 aromatic rings. The monoisotopic (exact) mass is 781 g/mol. The summed E-state index contributed by atoms with van der Waals surface area (Å²) in [6.07, 6.45) is 0. The van der Waals surface area contributed by atoms with Crippen molar-refractivity contribution in [2.45, 2.75) is 0 Å². The first kappa shape index (κ1) is 32.5. The molecular weight excluding hydrogens is 755 g/mol. The Hall–Kier alpha value is -6.71. The molecule has 0 aliphatic carbocycles. The van der Waals surface area contributed by atoms with Crippen molar-refractivity contribution in [1.82, 2.24) is 24.9 Å². The molecule has 0 N–H and O–H groups in total. The lowest BCUT2D eigenvalue weighted by Crippen LogP contribution is -2.00. The van der Waals surface area contributed by atoms with Crippen LogP contribution < -0.4 is 0 Å². The molecule has 0 aliphatic rings. The van der Waals surface area contributed by atoms with Crippen molar-refractivity contribution < 1.29 is 0 Å². The zero-order chi connectivity index (χ0) is 37.5. The van der Waals surface area contributed by atoms with E-state index in [0.717, 1.165) is 64.3 Å². The third-order valence-electron chi connectivity index (χ3n) is 10.6. The van der Waals surface area contributed by atoms with Crippen LogP contribution in [0.1, 0.15) is 0 Å². The van der Waals surface area contributed by atoms with Crippen LogP contribution in [-0.4, -0.2) is 24.9 Å². The number of thiophene rings is 3. The summed E-state index contributed by atoms with van der Waals surface area (Å²) in [5.74, 6) is 2.67. The van der Waals surface area contributed by atoms with Crippen molar-refractivity contribution in [2.75, 3.05) is 0 Å². The molecule has 57 heavy (non-hydrogen) atoms. The summed E-state index contributed by atoms with van der Waals surface area (Å²) in [7, 11) is 0. The Morgan fingerprint density at radius 2 is 0.825 bits per heavy atom. The maximum absolute atomic E-state index is 5.25. The maximum Gasteiger partial charge on any atom is 0.165 e. The van der Waals surface area contributed by atoms with Gasteiger partial charge < -0.3 is 0 Å². The topological polar surface area (TPSA) is 64.5 Å². The van der Waals surface area contributed by atoms with E-state index in [1.54, 1.807) is 34.0 Å². The number of hydrogen-bond donors (Lipinski definition) is 0. The first-order valence-electron chi connectivity index (χ1n) is 18.7. The van der Waals surface area contributed by atoms with E-state index in [4.69, 9.17) is 24.9 Å². The van der Waals surface area contributed by atoms with Crippen LogP contribution in [0, 0.1) is 0 Å². The molecule has 7 aromatic carbocycles. The number of rotatable bonds is 5. The highest BCUT2D eigenvalue weighted by Gasteiger charge is 2.20. The van der Waals surface area contributed by atoms with Gasteiger partial charge in [-0.2, -0.15) is 0 Å². The molecule has 5 aromatic heterocycles. The minimum Gasteiger partial charge on any atom is -0.226 e. The average molecular weight is 782 g/mol. The Bertz CT molecular complexity index is 3530. The lowest BCUT2D eigenvalue weighted by Gasteiger charge is -2.09. The summed E-state index contributed by atoms with van der Waals surface area (Å²) in [6, 6.07) is 57.3. The fourth-order valence-corrected chi connectivity index (χ4v) is 11.4. The molecule has 0 saturated carbocycles. The van der Waals surface area contributed by atoms with Gasteiger partial charge in [-0.25, -0.2) is 24.9 Å². The summed E-state index contributed by atoms with van der Waals surface area (Å²) < 4.78 is 7.09. The van der Waals surface area contributed by atoms with Gasteiger partial charge in [0.25, 0.3) is 0 Å². The Morgan fingerprint density at radius 1 is 0.298 bits per heavy atom. The Morgan fingerprint density at radius 3 is 1.58 bits per heavy atom. The van der Waals surface area contributed by atoms with Gasteiger partial charge in [0.1, 0.15) is 0 Å². The molecule has 0 unspecified atom stereocenters. The summed E-state index contributed by atoms with van der Waals surface area (Å²) in [4.78, 5) is 25.9. The number of benzene rings is 7. The van der Waals surface area contributed by atoms with Crippen LogP contribution >= 0.6 is 34.0 Å². The van der Waals surface area contributed by atoms with Gasteiger partial charge in [0.15, 0.2) is 23.3 Å². The highest BCUT2D eigenvalue weighted by atomic mass is 32.1. The number of aromatic nitrogens is 5. The molecule has 266 valence electrons. The third kappa shape index (κ3) is 5.37. The molecule has 0 atom stereocenters. The SMILES string of the molecule is c1ccc(-c2nc(-c3ccc4c(c3)sc3ccccc34)nc(-c3cccc4c3sc3cc(-c5nc(-c6ccccc6)c6sc7ccccc7c6n5)ccc34)n2)cc1. The minimum absolute atomic E-state index is 0.648. The zero-order valence-corrected chi connectivity index (χ0v) is 32.5. The minimum atomic E-state index is 0.648. The van der Waals surface area contributed by atoms with Crippen LogP contribution in [0.4, 0.5) is 0 Å². The van der Waals surface area contributed by atoms with Crippen molar-refractivity contribution in [3.05, 3.63) is 164 Å². The van der Waals surface area contributed by atoms with Gasteiger partial charge in [0, 0.05) is 78.2 Å². The van der Waals surface area contributed by atoms with Gasteiger partial charge >= 0.3 is 0 Å². The van der Waals surface area contributed by atoms with Crippen LogP contribution in [0.3, 0.4) is 0 Å². The lowest BCUT2D eigenvalue weighted by atomic mass is 10.1. The molecule has 0 fully saturated rings. The van der Waals surface area contributed by atoms with Gasteiger partial charge in [-0.15, -0.1) is 34.0 Å². The normalized spacial score (nSPS) is 11.9. The molecule has 0 radical (unpaired) electrons. The highest BCUT2D eigenvalue weighted by molar-refractivity contribution is 7.27. The fraction of sp³-hybridized carbons (Fsp3) is 0. The first-order valence-corrected chi connectivity index (χ1v) is 21.1. The Kier molecular flexibility index (Phi) is 7.38. The quantitative estimate of drug-likeness (QED) is 0.174. The zero-order valence-electron chi connectivity index (χ0n) is 30.0. The van der Waals surface area contributed by atoms with Gasteiger partial charge in [0.2, 0.25) is 0 Å². The van der Waals surface area contributed by atoms with E-state index in [-0.39, 0.29) is 0 Å². The number of fused-ring (bicyclic) bond motifs is 9. The third-order valence-corrected chi connectivity index (χ3v) is 14.1. The standard InChI is InChI=1S/C49H27N5S3/c1-3-12-28(13-4-1)42-45-43(36-17-8-10-21-39(36)56-45)51-47(50-42)30-23-25-34-35-18-11-19-37(44(35)57-41(34)27-30)49-53-46(29-14-5-2-6-15-29)52-48(54-49)31-22-24-33-32-16-7-9-20-38(32)55-40(33)26-31/h1-27H. The van der Waals surface area contributed by atoms with Gasteiger partial charge in [-0.3, -0.25) is 0 Å². The van der Waals surface area contributed by atoms with E-state index in [1.165, 1.54) is 35.6 Å². The molecule has 0 spiro atoms. The maximum atomic E-state index is 5.25. The Labute approximate surface area is 338 Å². The molecule has 5 heterocycles. The second kappa shape index (κ2) is 12.9. The predicted octanol–water partition coefficient (Wildman–Crippen LogP) is 14.1. The number of nitrogens with zero attached hydrogens (tertiary/aromatic N) is 5. The Balaban J connectivity index is 1.02. The van der Waals surface area contributed by atoms with E-state index in [2.05, 4.69) is 140 Å².